The SMILES string of the molecule is O=C(NNC(=O)C12C[C@H]3C[C@@H](C1)CC(c1ccccc1)(C3)C2)c1cccc(O)c1. The number of amides is 2. The molecule has 2 aromatic carbocycles. The quantitative estimate of drug-likeness (QED) is 0.700. The predicted molar refractivity (Wildman–Crippen MR) is 109 cm³/mol. The van der Waals surface area contributed by atoms with Crippen molar-refractivity contribution < 1.29 is 14.7 Å². The molecule has 0 aromatic heterocycles. The third-order valence-corrected chi connectivity index (χ3v) is 7.33. The van der Waals surface area contributed by atoms with Crippen LogP contribution in [0, 0.1) is 17.3 Å². The smallest absolute Gasteiger partial charge is 0.269 e. The van der Waals surface area contributed by atoms with Crippen molar-refractivity contribution in [2.45, 2.75) is 43.9 Å². The Balaban J connectivity index is 1.35. The van der Waals surface area contributed by atoms with E-state index in [0.29, 0.717) is 17.4 Å². The molecule has 4 aliphatic carbocycles. The van der Waals surface area contributed by atoms with E-state index in [4.69, 9.17) is 0 Å². The second-order valence-corrected chi connectivity index (χ2v) is 9.35. The van der Waals surface area contributed by atoms with Crippen LogP contribution >= 0.6 is 0 Å². The molecule has 4 bridgehead atoms. The molecule has 4 fully saturated rings. The number of hydrogen-bond acceptors (Lipinski definition) is 3. The summed E-state index contributed by atoms with van der Waals surface area (Å²) in [4.78, 5) is 25.7. The highest BCUT2D eigenvalue weighted by Crippen LogP contribution is 2.65. The van der Waals surface area contributed by atoms with Gasteiger partial charge in [0.25, 0.3) is 5.91 Å². The Bertz CT molecular complexity index is 942. The maximum Gasteiger partial charge on any atom is 0.269 e. The molecule has 4 saturated carbocycles. The number of benzene rings is 2. The summed E-state index contributed by atoms with van der Waals surface area (Å²) in [5.74, 6) is 0.681. The first-order chi connectivity index (χ1) is 14.0. The molecule has 150 valence electrons. The summed E-state index contributed by atoms with van der Waals surface area (Å²) in [6, 6.07) is 16.8. The Morgan fingerprint density at radius 2 is 1.62 bits per heavy atom. The first kappa shape index (κ1) is 18.2. The third kappa shape index (κ3) is 3.09. The van der Waals surface area contributed by atoms with Crippen LogP contribution in [0.1, 0.15) is 54.4 Å². The fourth-order valence-corrected chi connectivity index (χ4v) is 6.62. The lowest BCUT2D eigenvalue weighted by molar-refractivity contribution is -0.149. The van der Waals surface area contributed by atoms with Crippen LogP contribution in [-0.4, -0.2) is 16.9 Å². The van der Waals surface area contributed by atoms with Gasteiger partial charge in [0.2, 0.25) is 5.91 Å². The number of phenols is 1. The molecule has 0 heterocycles. The van der Waals surface area contributed by atoms with Gasteiger partial charge >= 0.3 is 0 Å². The standard InChI is InChI=1S/C24H26N2O3/c27-20-8-4-5-18(10-20)21(28)25-26-22(29)24-13-16-9-17(14-24)12-23(11-16,15-24)19-6-2-1-3-7-19/h1-8,10,16-17,27H,9,11-15H2,(H,25,28)(H,26,29)/t16-,17+,23?,24?. The van der Waals surface area contributed by atoms with Crippen molar-refractivity contribution in [1.29, 1.82) is 0 Å². The van der Waals surface area contributed by atoms with Gasteiger partial charge in [-0.2, -0.15) is 0 Å². The fraction of sp³-hybridized carbons (Fsp3) is 0.417. The number of nitrogens with one attached hydrogen (secondary N) is 2. The second-order valence-electron chi connectivity index (χ2n) is 9.35. The number of aromatic hydroxyl groups is 1. The minimum atomic E-state index is -0.420. The summed E-state index contributed by atoms with van der Waals surface area (Å²) in [6.07, 6.45) is 6.22. The Morgan fingerprint density at radius 3 is 2.31 bits per heavy atom. The molecule has 0 aliphatic heterocycles. The van der Waals surface area contributed by atoms with Crippen LogP contribution in [-0.2, 0) is 10.2 Å². The Labute approximate surface area is 170 Å². The summed E-state index contributed by atoms with van der Waals surface area (Å²) in [5, 5.41) is 9.56. The number of rotatable bonds is 3. The lowest BCUT2D eigenvalue weighted by Crippen LogP contribution is -2.60. The van der Waals surface area contributed by atoms with Crippen molar-refractivity contribution in [1.82, 2.24) is 10.9 Å². The normalized spacial score (nSPS) is 32.0. The van der Waals surface area contributed by atoms with Crippen molar-refractivity contribution in [3.8, 4) is 5.75 Å². The van der Waals surface area contributed by atoms with Gasteiger partial charge in [-0.05, 0) is 79.5 Å². The van der Waals surface area contributed by atoms with E-state index in [2.05, 4.69) is 35.1 Å². The van der Waals surface area contributed by atoms with Gasteiger partial charge in [0.1, 0.15) is 5.75 Å². The van der Waals surface area contributed by atoms with E-state index in [-0.39, 0.29) is 17.1 Å². The average molecular weight is 390 g/mol. The monoisotopic (exact) mass is 390 g/mol. The maximum atomic E-state index is 13.3. The van der Waals surface area contributed by atoms with E-state index < -0.39 is 11.3 Å². The molecule has 2 amide bonds. The Hall–Kier alpha value is -2.82. The van der Waals surface area contributed by atoms with Gasteiger partial charge in [-0.1, -0.05) is 36.4 Å². The highest BCUT2D eigenvalue weighted by molar-refractivity contribution is 5.96. The first-order valence-corrected chi connectivity index (χ1v) is 10.4. The molecule has 4 atom stereocenters. The van der Waals surface area contributed by atoms with Crippen LogP contribution in [0.25, 0.3) is 0 Å². The number of hydrogen-bond donors (Lipinski definition) is 3. The summed E-state index contributed by atoms with van der Waals surface area (Å²) < 4.78 is 0. The molecule has 0 radical (unpaired) electrons. The molecule has 0 saturated heterocycles. The van der Waals surface area contributed by atoms with Crippen molar-refractivity contribution in [3.05, 3.63) is 65.7 Å². The number of phenolic OH excluding ortho intramolecular Hbond substituents is 1. The van der Waals surface area contributed by atoms with Gasteiger partial charge < -0.3 is 5.11 Å². The van der Waals surface area contributed by atoms with Crippen LogP contribution in [0.15, 0.2) is 54.6 Å². The second kappa shape index (κ2) is 6.61. The first-order valence-electron chi connectivity index (χ1n) is 10.4. The van der Waals surface area contributed by atoms with Gasteiger partial charge in [-0.15, -0.1) is 0 Å². The van der Waals surface area contributed by atoms with Gasteiger partial charge in [-0.25, -0.2) is 0 Å². The zero-order valence-corrected chi connectivity index (χ0v) is 16.4. The van der Waals surface area contributed by atoms with Crippen molar-refractivity contribution in [2.24, 2.45) is 17.3 Å². The molecule has 3 N–H and O–H groups in total. The summed E-state index contributed by atoms with van der Waals surface area (Å²) >= 11 is 0. The summed E-state index contributed by atoms with van der Waals surface area (Å²) in [7, 11) is 0. The maximum absolute atomic E-state index is 13.3. The number of carbonyl (C=O) groups excluding carboxylic acids is 2. The number of carbonyl (C=O) groups is 2. The molecule has 2 unspecified atom stereocenters. The minimum absolute atomic E-state index is 0.0230. The fourth-order valence-electron chi connectivity index (χ4n) is 6.62. The molecule has 4 aliphatic rings. The van der Waals surface area contributed by atoms with E-state index in [1.807, 2.05) is 6.07 Å². The van der Waals surface area contributed by atoms with Crippen LogP contribution in [0.2, 0.25) is 0 Å². The largest absolute Gasteiger partial charge is 0.508 e. The van der Waals surface area contributed by atoms with Crippen LogP contribution in [0.4, 0.5) is 0 Å². The van der Waals surface area contributed by atoms with E-state index >= 15 is 0 Å². The Morgan fingerprint density at radius 1 is 0.897 bits per heavy atom. The van der Waals surface area contributed by atoms with Gasteiger partial charge in [0.05, 0.1) is 5.41 Å². The van der Waals surface area contributed by atoms with E-state index in [1.165, 1.54) is 24.1 Å². The van der Waals surface area contributed by atoms with E-state index in [9.17, 15) is 14.7 Å². The van der Waals surface area contributed by atoms with Crippen molar-refractivity contribution in [2.75, 3.05) is 0 Å². The topological polar surface area (TPSA) is 78.4 Å². The molecule has 0 spiro atoms. The van der Waals surface area contributed by atoms with Crippen LogP contribution in [0.3, 0.4) is 0 Å². The minimum Gasteiger partial charge on any atom is -0.508 e. The summed E-state index contributed by atoms with van der Waals surface area (Å²) in [6.45, 7) is 0. The van der Waals surface area contributed by atoms with E-state index in [1.54, 1.807) is 12.1 Å². The predicted octanol–water partition coefficient (Wildman–Crippen LogP) is 3.69. The molecule has 5 nitrogen and oxygen atoms in total. The van der Waals surface area contributed by atoms with Gasteiger partial charge in [0, 0.05) is 5.56 Å². The highest BCUT2D eigenvalue weighted by atomic mass is 16.3. The molecule has 5 heteroatoms. The number of hydrazine groups is 1. The zero-order valence-electron chi connectivity index (χ0n) is 16.4. The van der Waals surface area contributed by atoms with Crippen LogP contribution < -0.4 is 10.9 Å². The molecule has 29 heavy (non-hydrogen) atoms. The molecule has 2 aromatic rings. The molecular weight excluding hydrogens is 364 g/mol. The van der Waals surface area contributed by atoms with Crippen molar-refractivity contribution in [3.63, 3.8) is 0 Å². The van der Waals surface area contributed by atoms with E-state index in [0.717, 1.165) is 32.1 Å². The van der Waals surface area contributed by atoms with Gasteiger partial charge in [0.15, 0.2) is 0 Å². The van der Waals surface area contributed by atoms with Crippen LogP contribution in [0.5, 0.6) is 5.75 Å². The zero-order chi connectivity index (χ0) is 20.1. The molecular formula is C24H26N2O3. The summed E-state index contributed by atoms with van der Waals surface area (Å²) in [5.41, 5.74) is 6.60. The van der Waals surface area contributed by atoms with Gasteiger partial charge in [-0.3, -0.25) is 20.4 Å². The average Bonchev–Trinajstić information content (AvgIpc) is 2.71. The molecule has 6 rings (SSSR count). The van der Waals surface area contributed by atoms with Crippen molar-refractivity contribution >= 4 is 11.8 Å². The Kier molecular flexibility index (Phi) is 4.16. The highest BCUT2D eigenvalue weighted by Gasteiger charge is 2.60. The lowest BCUT2D eigenvalue weighted by atomic mass is 9.42. The third-order valence-electron chi connectivity index (χ3n) is 7.33. The lowest BCUT2D eigenvalue weighted by Gasteiger charge is -2.61.